The highest BCUT2D eigenvalue weighted by Gasteiger charge is 2.16. The standard InChI is InChI=1S/C13H21N3O3/c1-3-17-9-12-15-11(14-2)7-13(16-12)19-8-10-5-4-6-18-10/h7,10H,3-6,8-9H2,1-2H3,(H,14,15,16). The molecule has 0 spiro atoms. The second kappa shape index (κ2) is 7.25. The second-order valence-corrected chi connectivity index (χ2v) is 4.34. The van der Waals surface area contributed by atoms with Crippen molar-refractivity contribution in [3.05, 3.63) is 11.9 Å². The van der Waals surface area contributed by atoms with E-state index in [2.05, 4.69) is 15.3 Å². The molecule has 1 aromatic rings. The minimum Gasteiger partial charge on any atom is -0.475 e. The zero-order valence-electron chi connectivity index (χ0n) is 11.5. The summed E-state index contributed by atoms with van der Waals surface area (Å²) in [6.45, 7) is 4.34. The summed E-state index contributed by atoms with van der Waals surface area (Å²) in [6, 6.07) is 1.78. The molecule has 1 aliphatic rings. The molecular formula is C13H21N3O3. The summed E-state index contributed by atoms with van der Waals surface area (Å²) in [6.07, 6.45) is 2.34. The van der Waals surface area contributed by atoms with Crippen LogP contribution in [0.3, 0.4) is 0 Å². The molecular weight excluding hydrogens is 246 g/mol. The van der Waals surface area contributed by atoms with Crippen molar-refractivity contribution >= 4 is 5.82 Å². The van der Waals surface area contributed by atoms with E-state index in [1.807, 2.05) is 14.0 Å². The summed E-state index contributed by atoms with van der Waals surface area (Å²) in [5, 5.41) is 2.99. The number of hydrogen-bond donors (Lipinski definition) is 1. The highest BCUT2D eigenvalue weighted by molar-refractivity contribution is 5.37. The molecule has 1 saturated heterocycles. The van der Waals surface area contributed by atoms with Gasteiger partial charge in [0.1, 0.15) is 19.0 Å². The number of anilines is 1. The molecule has 0 aromatic carbocycles. The van der Waals surface area contributed by atoms with Gasteiger partial charge >= 0.3 is 0 Å². The summed E-state index contributed by atoms with van der Waals surface area (Å²) in [5.74, 6) is 1.91. The lowest BCUT2D eigenvalue weighted by molar-refractivity contribution is 0.0658. The number of ether oxygens (including phenoxy) is 3. The van der Waals surface area contributed by atoms with Gasteiger partial charge in [-0.1, -0.05) is 0 Å². The van der Waals surface area contributed by atoms with Gasteiger partial charge in [-0.3, -0.25) is 0 Å². The number of aromatic nitrogens is 2. The molecule has 1 N–H and O–H groups in total. The second-order valence-electron chi connectivity index (χ2n) is 4.34. The van der Waals surface area contributed by atoms with Crippen LogP contribution >= 0.6 is 0 Å². The monoisotopic (exact) mass is 267 g/mol. The van der Waals surface area contributed by atoms with Gasteiger partial charge in [0, 0.05) is 26.3 Å². The van der Waals surface area contributed by atoms with Crippen LogP contribution in [-0.2, 0) is 16.1 Å². The predicted molar refractivity (Wildman–Crippen MR) is 71.4 cm³/mol. The van der Waals surface area contributed by atoms with Crippen LogP contribution in [0.15, 0.2) is 6.07 Å². The van der Waals surface area contributed by atoms with Crippen molar-refractivity contribution in [2.75, 3.05) is 32.2 Å². The number of rotatable bonds is 7. The van der Waals surface area contributed by atoms with Gasteiger partial charge in [-0.05, 0) is 19.8 Å². The Labute approximate surface area is 113 Å². The fourth-order valence-corrected chi connectivity index (χ4v) is 1.89. The van der Waals surface area contributed by atoms with Gasteiger partial charge in [-0.2, -0.15) is 4.98 Å². The van der Waals surface area contributed by atoms with Crippen LogP contribution in [-0.4, -0.2) is 42.9 Å². The molecule has 2 rings (SSSR count). The summed E-state index contributed by atoms with van der Waals surface area (Å²) in [5.41, 5.74) is 0. The molecule has 19 heavy (non-hydrogen) atoms. The van der Waals surface area contributed by atoms with Crippen LogP contribution in [0.25, 0.3) is 0 Å². The van der Waals surface area contributed by atoms with E-state index in [1.165, 1.54) is 0 Å². The van der Waals surface area contributed by atoms with Crippen molar-refractivity contribution in [1.82, 2.24) is 9.97 Å². The smallest absolute Gasteiger partial charge is 0.218 e. The van der Waals surface area contributed by atoms with E-state index >= 15 is 0 Å². The van der Waals surface area contributed by atoms with E-state index in [-0.39, 0.29) is 6.10 Å². The van der Waals surface area contributed by atoms with Crippen LogP contribution in [0.1, 0.15) is 25.6 Å². The molecule has 0 aliphatic carbocycles. The third-order valence-electron chi connectivity index (χ3n) is 2.88. The molecule has 1 unspecified atom stereocenters. The number of hydrogen-bond acceptors (Lipinski definition) is 6. The molecule has 0 radical (unpaired) electrons. The average Bonchev–Trinajstić information content (AvgIpc) is 2.96. The molecule has 2 heterocycles. The minimum absolute atomic E-state index is 0.184. The van der Waals surface area contributed by atoms with E-state index in [1.54, 1.807) is 6.07 Å². The normalized spacial score (nSPS) is 18.5. The van der Waals surface area contributed by atoms with E-state index in [0.717, 1.165) is 25.3 Å². The zero-order chi connectivity index (χ0) is 13.5. The fourth-order valence-electron chi connectivity index (χ4n) is 1.89. The van der Waals surface area contributed by atoms with Gasteiger partial charge in [0.25, 0.3) is 0 Å². The summed E-state index contributed by atoms with van der Waals surface area (Å²) in [7, 11) is 1.82. The first-order valence-corrected chi connectivity index (χ1v) is 6.69. The first kappa shape index (κ1) is 14.0. The lowest BCUT2D eigenvalue weighted by atomic mass is 10.2. The predicted octanol–water partition coefficient (Wildman–Crippen LogP) is 1.61. The van der Waals surface area contributed by atoms with Crippen molar-refractivity contribution in [3.63, 3.8) is 0 Å². The lowest BCUT2D eigenvalue weighted by Crippen LogP contribution is -2.17. The minimum atomic E-state index is 0.184. The third kappa shape index (κ3) is 4.33. The van der Waals surface area contributed by atoms with Crippen molar-refractivity contribution in [3.8, 4) is 5.88 Å². The molecule has 1 aliphatic heterocycles. The first-order valence-electron chi connectivity index (χ1n) is 6.69. The van der Waals surface area contributed by atoms with Gasteiger partial charge in [0.05, 0.1) is 6.10 Å². The first-order chi connectivity index (χ1) is 9.31. The van der Waals surface area contributed by atoms with Gasteiger partial charge in [0.15, 0.2) is 5.82 Å². The maximum absolute atomic E-state index is 5.68. The van der Waals surface area contributed by atoms with Crippen LogP contribution in [0.5, 0.6) is 5.88 Å². The SMILES string of the molecule is CCOCc1nc(NC)cc(OCC2CCCO2)n1. The van der Waals surface area contributed by atoms with Crippen LogP contribution in [0.4, 0.5) is 5.82 Å². The van der Waals surface area contributed by atoms with Gasteiger partial charge < -0.3 is 19.5 Å². The fraction of sp³-hybridized carbons (Fsp3) is 0.692. The zero-order valence-corrected chi connectivity index (χ0v) is 11.5. The van der Waals surface area contributed by atoms with E-state index in [4.69, 9.17) is 14.2 Å². The Morgan fingerprint density at radius 2 is 2.37 bits per heavy atom. The molecule has 106 valence electrons. The van der Waals surface area contributed by atoms with Crippen LogP contribution in [0.2, 0.25) is 0 Å². The van der Waals surface area contributed by atoms with Crippen LogP contribution < -0.4 is 10.1 Å². The largest absolute Gasteiger partial charge is 0.475 e. The average molecular weight is 267 g/mol. The summed E-state index contributed by atoms with van der Waals surface area (Å²) in [4.78, 5) is 8.64. The summed E-state index contributed by atoms with van der Waals surface area (Å²) < 4.78 is 16.5. The number of nitrogens with zero attached hydrogens (tertiary/aromatic N) is 2. The molecule has 1 atom stereocenters. The molecule has 1 fully saturated rings. The van der Waals surface area contributed by atoms with Crippen molar-refractivity contribution in [1.29, 1.82) is 0 Å². The van der Waals surface area contributed by atoms with Crippen molar-refractivity contribution in [2.45, 2.75) is 32.5 Å². The lowest BCUT2D eigenvalue weighted by Gasteiger charge is -2.12. The van der Waals surface area contributed by atoms with E-state index < -0.39 is 0 Å². The Kier molecular flexibility index (Phi) is 5.35. The maximum atomic E-state index is 5.68. The molecule has 0 saturated carbocycles. The van der Waals surface area contributed by atoms with E-state index in [9.17, 15) is 0 Å². The quantitative estimate of drug-likeness (QED) is 0.809. The van der Waals surface area contributed by atoms with E-state index in [0.29, 0.717) is 31.5 Å². The Hall–Kier alpha value is -1.40. The van der Waals surface area contributed by atoms with Crippen molar-refractivity contribution < 1.29 is 14.2 Å². The van der Waals surface area contributed by atoms with Gasteiger partial charge in [0.2, 0.25) is 5.88 Å². The Morgan fingerprint density at radius 3 is 3.05 bits per heavy atom. The molecule has 0 bridgehead atoms. The Morgan fingerprint density at radius 1 is 1.47 bits per heavy atom. The summed E-state index contributed by atoms with van der Waals surface area (Å²) >= 11 is 0. The van der Waals surface area contributed by atoms with Crippen molar-refractivity contribution in [2.24, 2.45) is 0 Å². The Bertz CT molecular complexity index is 395. The topological polar surface area (TPSA) is 65.5 Å². The van der Waals surface area contributed by atoms with Gasteiger partial charge in [-0.15, -0.1) is 0 Å². The Balaban J connectivity index is 1.96. The molecule has 6 heteroatoms. The molecule has 6 nitrogen and oxygen atoms in total. The highest BCUT2D eigenvalue weighted by Crippen LogP contribution is 2.17. The molecule has 1 aromatic heterocycles. The number of nitrogens with one attached hydrogen (secondary N) is 1. The van der Waals surface area contributed by atoms with Crippen LogP contribution in [0, 0.1) is 0 Å². The maximum Gasteiger partial charge on any atom is 0.218 e. The van der Waals surface area contributed by atoms with Gasteiger partial charge in [-0.25, -0.2) is 4.98 Å². The third-order valence-corrected chi connectivity index (χ3v) is 2.88. The molecule has 0 amide bonds. The highest BCUT2D eigenvalue weighted by atomic mass is 16.5.